The molecule has 6 nitrogen and oxygen atoms in total. The van der Waals surface area contributed by atoms with Gasteiger partial charge in [0.05, 0.1) is 12.1 Å². The first-order chi connectivity index (χ1) is 14.9. The largest absolute Gasteiger partial charge is 0.398 e. The molecule has 0 spiro atoms. The van der Waals surface area contributed by atoms with Crippen LogP contribution in [0.5, 0.6) is 0 Å². The summed E-state index contributed by atoms with van der Waals surface area (Å²) in [5.74, 6) is -0.600. The molecule has 2 aromatic carbocycles. The van der Waals surface area contributed by atoms with Crippen LogP contribution in [0.25, 0.3) is 0 Å². The maximum Gasteiger partial charge on any atom is 0.253 e. The summed E-state index contributed by atoms with van der Waals surface area (Å²) in [6.07, 6.45) is 4.14. The van der Waals surface area contributed by atoms with Crippen LogP contribution < -0.4 is 16.4 Å². The summed E-state index contributed by atoms with van der Waals surface area (Å²) < 4.78 is 0. The highest BCUT2D eigenvalue weighted by Gasteiger charge is 2.40. The molecule has 2 saturated heterocycles. The molecular weight excluding hydrogens is 435 g/mol. The van der Waals surface area contributed by atoms with Crippen molar-refractivity contribution in [2.45, 2.75) is 50.4 Å². The molecule has 31 heavy (non-hydrogen) atoms. The molecule has 4 N–H and O–H groups in total. The van der Waals surface area contributed by atoms with Crippen LogP contribution in [0, 0.1) is 0 Å². The molecule has 2 aromatic rings. The Kier molecular flexibility index (Phi) is 6.70. The monoisotopic (exact) mass is 460 g/mol. The molecule has 1 unspecified atom stereocenters. The van der Waals surface area contributed by atoms with Gasteiger partial charge in [0.15, 0.2) is 0 Å². The van der Waals surface area contributed by atoms with Crippen molar-refractivity contribution in [3.8, 4) is 0 Å². The van der Waals surface area contributed by atoms with Gasteiger partial charge in [0.2, 0.25) is 5.91 Å². The molecule has 2 aliphatic heterocycles. The van der Waals surface area contributed by atoms with Crippen molar-refractivity contribution in [2.75, 3.05) is 12.3 Å². The molecule has 4 rings (SSSR count). The first kappa shape index (κ1) is 21.9. The fraction of sp³-hybridized carbons (Fsp3) is 0.391. The number of nitrogens with one attached hydrogen (secondary N) is 2. The Bertz CT molecular complexity index is 953. The zero-order valence-electron chi connectivity index (χ0n) is 17.1. The molecule has 164 valence electrons. The number of carbonyl (C=O) groups excluding carboxylic acids is 2. The zero-order chi connectivity index (χ0) is 22.0. The highest BCUT2D eigenvalue weighted by atomic mass is 35.5. The van der Waals surface area contributed by atoms with Crippen LogP contribution in [-0.2, 0) is 11.3 Å². The van der Waals surface area contributed by atoms with Gasteiger partial charge in [0, 0.05) is 40.4 Å². The van der Waals surface area contributed by atoms with Crippen LogP contribution in [0.1, 0.15) is 41.6 Å². The molecule has 0 saturated carbocycles. The maximum atomic E-state index is 12.4. The van der Waals surface area contributed by atoms with Gasteiger partial charge in [-0.25, -0.2) is 0 Å². The van der Waals surface area contributed by atoms with E-state index in [9.17, 15) is 9.59 Å². The van der Waals surface area contributed by atoms with E-state index in [-0.39, 0.29) is 24.1 Å². The lowest BCUT2D eigenvalue weighted by Crippen LogP contribution is -2.51. The van der Waals surface area contributed by atoms with Gasteiger partial charge in [-0.15, -0.1) is 0 Å². The van der Waals surface area contributed by atoms with Gasteiger partial charge >= 0.3 is 0 Å². The lowest BCUT2D eigenvalue weighted by Gasteiger charge is -2.39. The van der Waals surface area contributed by atoms with E-state index in [2.05, 4.69) is 27.7 Å². The third-order valence-corrected chi connectivity index (χ3v) is 6.68. The number of nitrogens with zero attached hydrogens (tertiary/aromatic N) is 1. The second-order valence-corrected chi connectivity index (χ2v) is 9.21. The number of nitrogens with two attached hydrogens (primary N) is 1. The topological polar surface area (TPSA) is 87.5 Å². The van der Waals surface area contributed by atoms with Crippen LogP contribution in [0.3, 0.4) is 0 Å². The van der Waals surface area contributed by atoms with E-state index in [1.807, 2.05) is 12.1 Å². The standard InChI is InChI=1S/C23H26Cl2N4O2/c24-15-3-1-14(2-4-15)13-29-18-6-7-19(29)11-17(10-18)28-22(30)12-27-23(31)20-9-16(25)5-8-21(20)26/h1-5,8-9,17-19H,6-7,10-13,26H2,(H,27,31)(H,28,30)/t17?,18-,19+. The van der Waals surface area contributed by atoms with Crippen LogP contribution in [0.15, 0.2) is 42.5 Å². The molecule has 2 fully saturated rings. The minimum Gasteiger partial charge on any atom is -0.398 e. The predicted octanol–water partition coefficient (Wildman–Crippen LogP) is 3.62. The van der Waals surface area contributed by atoms with Crippen molar-refractivity contribution in [3.05, 3.63) is 63.6 Å². The lowest BCUT2D eigenvalue weighted by molar-refractivity contribution is -0.121. The second kappa shape index (κ2) is 9.47. The average molecular weight is 461 g/mol. The number of piperidine rings is 1. The maximum absolute atomic E-state index is 12.4. The Balaban J connectivity index is 1.27. The molecule has 2 amide bonds. The van der Waals surface area contributed by atoms with Gasteiger partial charge < -0.3 is 16.4 Å². The summed E-state index contributed by atoms with van der Waals surface area (Å²) >= 11 is 11.9. The van der Waals surface area contributed by atoms with Crippen LogP contribution in [0.4, 0.5) is 5.69 Å². The molecule has 0 aliphatic carbocycles. The van der Waals surface area contributed by atoms with Gasteiger partial charge in [-0.2, -0.15) is 0 Å². The quantitative estimate of drug-likeness (QED) is 0.574. The van der Waals surface area contributed by atoms with E-state index in [0.29, 0.717) is 22.8 Å². The van der Waals surface area contributed by atoms with Crippen molar-refractivity contribution in [1.82, 2.24) is 15.5 Å². The highest BCUT2D eigenvalue weighted by Crippen LogP contribution is 2.37. The van der Waals surface area contributed by atoms with E-state index in [1.165, 1.54) is 11.6 Å². The average Bonchev–Trinajstić information content (AvgIpc) is 2.97. The Morgan fingerprint density at radius 2 is 1.65 bits per heavy atom. The first-order valence-electron chi connectivity index (χ1n) is 10.5. The van der Waals surface area contributed by atoms with E-state index < -0.39 is 5.91 Å². The summed E-state index contributed by atoms with van der Waals surface area (Å²) in [5.41, 5.74) is 7.68. The van der Waals surface area contributed by atoms with Crippen molar-refractivity contribution < 1.29 is 9.59 Å². The van der Waals surface area contributed by atoms with Crippen molar-refractivity contribution >= 4 is 40.7 Å². The lowest BCUT2D eigenvalue weighted by atomic mass is 9.96. The minimum atomic E-state index is -0.409. The van der Waals surface area contributed by atoms with Crippen LogP contribution >= 0.6 is 23.2 Å². The number of nitrogen functional groups attached to an aromatic ring is 1. The number of rotatable bonds is 6. The van der Waals surface area contributed by atoms with E-state index >= 15 is 0 Å². The van der Waals surface area contributed by atoms with E-state index in [0.717, 1.165) is 37.3 Å². The Hall–Kier alpha value is -2.28. The molecule has 2 heterocycles. The van der Waals surface area contributed by atoms with Gasteiger partial charge in [0.1, 0.15) is 0 Å². The SMILES string of the molecule is Nc1ccc(Cl)cc1C(=O)NCC(=O)NC1C[C@H]2CC[C@@H](C1)N2Cc1ccc(Cl)cc1. The Labute approximate surface area is 192 Å². The Morgan fingerprint density at radius 1 is 1.00 bits per heavy atom. The number of anilines is 1. The van der Waals surface area contributed by atoms with Gasteiger partial charge in [-0.1, -0.05) is 35.3 Å². The molecule has 0 radical (unpaired) electrons. The fourth-order valence-electron chi connectivity index (χ4n) is 4.71. The first-order valence-corrected chi connectivity index (χ1v) is 11.3. The van der Waals surface area contributed by atoms with Crippen molar-refractivity contribution in [1.29, 1.82) is 0 Å². The van der Waals surface area contributed by atoms with Gasteiger partial charge in [-0.3, -0.25) is 14.5 Å². The molecule has 2 bridgehead atoms. The fourth-order valence-corrected chi connectivity index (χ4v) is 5.01. The van der Waals surface area contributed by atoms with Crippen LogP contribution in [0.2, 0.25) is 10.0 Å². The predicted molar refractivity (Wildman–Crippen MR) is 123 cm³/mol. The summed E-state index contributed by atoms with van der Waals surface area (Å²) in [6.45, 7) is 0.815. The molecular formula is C23H26Cl2N4O2. The van der Waals surface area contributed by atoms with E-state index in [1.54, 1.807) is 12.1 Å². The number of hydrogen-bond acceptors (Lipinski definition) is 4. The van der Waals surface area contributed by atoms with Gasteiger partial charge in [-0.05, 0) is 61.6 Å². The number of amides is 2. The summed E-state index contributed by atoms with van der Waals surface area (Å²) in [5, 5.41) is 6.89. The number of carbonyl (C=O) groups is 2. The molecule has 2 aliphatic rings. The second-order valence-electron chi connectivity index (χ2n) is 8.33. The smallest absolute Gasteiger partial charge is 0.253 e. The summed E-state index contributed by atoms with van der Waals surface area (Å²) in [4.78, 5) is 27.3. The third-order valence-electron chi connectivity index (χ3n) is 6.20. The summed E-state index contributed by atoms with van der Waals surface area (Å²) in [7, 11) is 0. The van der Waals surface area contributed by atoms with Gasteiger partial charge in [0.25, 0.3) is 5.91 Å². The van der Waals surface area contributed by atoms with Crippen molar-refractivity contribution in [3.63, 3.8) is 0 Å². The normalized spacial score (nSPS) is 22.8. The number of hydrogen-bond donors (Lipinski definition) is 3. The highest BCUT2D eigenvalue weighted by molar-refractivity contribution is 6.31. The summed E-state index contributed by atoms with van der Waals surface area (Å²) in [6, 6.07) is 13.7. The molecule has 8 heteroatoms. The molecule has 0 aromatic heterocycles. The zero-order valence-corrected chi connectivity index (χ0v) is 18.6. The van der Waals surface area contributed by atoms with Crippen LogP contribution in [-0.4, -0.2) is 41.4 Å². The minimum absolute atomic E-state index is 0.0922. The molecule has 3 atom stereocenters. The van der Waals surface area contributed by atoms with Crippen molar-refractivity contribution in [2.24, 2.45) is 0 Å². The third kappa shape index (κ3) is 5.32. The number of fused-ring (bicyclic) bond motifs is 2. The Morgan fingerprint density at radius 3 is 2.32 bits per heavy atom. The number of benzene rings is 2. The van der Waals surface area contributed by atoms with E-state index in [4.69, 9.17) is 28.9 Å². The number of halogens is 2.